The molecule has 1 aromatic heterocycles. The molecule has 0 aliphatic carbocycles. The van der Waals surface area contributed by atoms with E-state index < -0.39 is 5.97 Å². The van der Waals surface area contributed by atoms with Gasteiger partial charge in [-0.25, -0.2) is 9.48 Å². The molecule has 2 aromatic rings. The molecule has 0 aliphatic rings. The van der Waals surface area contributed by atoms with Crippen molar-refractivity contribution in [2.24, 2.45) is 0 Å². The zero-order valence-corrected chi connectivity index (χ0v) is 9.12. The Kier molecular flexibility index (Phi) is 2.74. The highest BCUT2D eigenvalue weighted by Crippen LogP contribution is 2.11. The molecule has 0 unspecified atom stereocenters. The number of hydrogen-bond donors (Lipinski definition) is 1. The number of ketones is 1. The highest BCUT2D eigenvalue weighted by atomic mass is 16.4. The second kappa shape index (κ2) is 4.21. The Labute approximate surface area is 97.3 Å². The molecule has 0 radical (unpaired) electrons. The molecule has 17 heavy (non-hydrogen) atoms. The minimum Gasteiger partial charge on any atom is -0.478 e. The van der Waals surface area contributed by atoms with E-state index in [2.05, 4.69) is 5.10 Å². The van der Waals surface area contributed by atoms with Crippen LogP contribution in [0.25, 0.3) is 5.69 Å². The van der Waals surface area contributed by atoms with Crippen molar-refractivity contribution < 1.29 is 14.7 Å². The van der Waals surface area contributed by atoms with E-state index in [0.717, 1.165) is 0 Å². The maximum atomic E-state index is 11.2. The third-order valence-electron chi connectivity index (χ3n) is 2.35. The third-order valence-corrected chi connectivity index (χ3v) is 2.35. The van der Waals surface area contributed by atoms with Crippen molar-refractivity contribution in [3.8, 4) is 5.69 Å². The van der Waals surface area contributed by atoms with Gasteiger partial charge in [0, 0.05) is 11.8 Å². The second-order valence-electron chi connectivity index (χ2n) is 3.59. The van der Waals surface area contributed by atoms with E-state index >= 15 is 0 Å². The van der Waals surface area contributed by atoms with Crippen LogP contribution in [0.4, 0.5) is 0 Å². The van der Waals surface area contributed by atoms with E-state index in [1.807, 2.05) is 0 Å². The molecule has 0 amide bonds. The lowest BCUT2D eigenvalue weighted by Crippen LogP contribution is -1.98. The molecule has 1 aromatic carbocycles. The summed E-state index contributed by atoms with van der Waals surface area (Å²) in [5.74, 6) is -1.07. The van der Waals surface area contributed by atoms with Gasteiger partial charge in [0.1, 0.15) is 0 Å². The zero-order valence-electron chi connectivity index (χ0n) is 9.12. The van der Waals surface area contributed by atoms with E-state index in [9.17, 15) is 9.59 Å². The summed E-state index contributed by atoms with van der Waals surface area (Å²) in [6.07, 6.45) is 2.67. The van der Waals surface area contributed by atoms with Gasteiger partial charge in [0.25, 0.3) is 0 Å². The van der Waals surface area contributed by atoms with Crippen LogP contribution in [0.3, 0.4) is 0 Å². The number of rotatable bonds is 3. The largest absolute Gasteiger partial charge is 0.478 e. The van der Waals surface area contributed by atoms with Crippen molar-refractivity contribution in [2.45, 2.75) is 6.92 Å². The molecular weight excluding hydrogens is 220 g/mol. The minimum absolute atomic E-state index is 0.0440. The number of hydrogen-bond acceptors (Lipinski definition) is 3. The Hall–Kier alpha value is -2.43. The molecule has 0 saturated carbocycles. The number of benzene rings is 1. The highest BCUT2D eigenvalue weighted by molar-refractivity contribution is 5.94. The first-order valence-electron chi connectivity index (χ1n) is 4.97. The molecule has 0 aliphatic heterocycles. The van der Waals surface area contributed by atoms with Crippen molar-refractivity contribution in [1.29, 1.82) is 0 Å². The van der Waals surface area contributed by atoms with Crippen molar-refractivity contribution >= 4 is 11.8 Å². The van der Waals surface area contributed by atoms with E-state index in [0.29, 0.717) is 11.3 Å². The number of carbonyl (C=O) groups excluding carboxylic acids is 1. The number of nitrogens with zero attached hydrogens (tertiary/aromatic N) is 2. The van der Waals surface area contributed by atoms with Crippen LogP contribution in [0.5, 0.6) is 0 Å². The molecule has 86 valence electrons. The van der Waals surface area contributed by atoms with E-state index in [-0.39, 0.29) is 11.3 Å². The summed E-state index contributed by atoms with van der Waals surface area (Å²) in [5, 5.41) is 12.7. The fraction of sp³-hybridized carbons (Fsp3) is 0.0833. The molecule has 5 heteroatoms. The average Bonchev–Trinajstić information content (AvgIpc) is 2.78. The standard InChI is InChI=1S/C12H10N2O3/c1-8(15)9-3-2-4-11(5-9)14-7-10(6-13-14)12(16)17/h2-7H,1H3,(H,16,17). The third kappa shape index (κ3) is 2.23. The maximum Gasteiger partial charge on any atom is 0.338 e. The number of aromatic carboxylic acids is 1. The van der Waals surface area contributed by atoms with Gasteiger partial charge in [-0.3, -0.25) is 4.79 Å². The fourth-order valence-corrected chi connectivity index (χ4v) is 1.44. The summed E-state index contributed by atoms with van der Waals surface area (Å²) in [6, 6.07) is 6.85. The normalized spacial score (nSPS) is 10.2. The van der Waals surface area contributed by atoms with Crippen LogP contribution in [0.15, 0.2) is 36.7 Å². The topological polar surface area (TPSA) is 72.2 Å². The number of aromatic nitrogens is 2. The number of carbonyl (C=O) groups is 2. The summed E-state index contributed by atoms with van der Waals surface area (Å²) in [6.45, 7) is 1.48. The highest BCUT2D eigenvalue weighted by Gasteiger charge is 2.08. The SMILES string of the molecule is CC(=O)c1cccc(-n2cc(C(=O)O)cn2)c1. The van der Waals surface area contributed by atoms with Crippen molar-refractivity contribution in [3.05, 3.63) is 47.8 Å². The van der Waals surface area contributed by atoms with Gasteiger partial charge in [0.15, 0.2) is 5.78 Å². The van der Waals surface area contributed by atoms with Gasteiger partial charge in [-0.2, -0.15) is 5.10 Å². The molecular formula is C12H10N2O3. The Bertz CT molecular complexity index is 587. The summed E-state index contributed by atoms with van der Waals surface area (Å²) in [7, 11) is 0. The van der Waals surface area contributed by atoms with Gasteiger partial charge in [0.2, 0.25) is 0 Å². The summed E-state index contributed by atoms with van der Waals surface area (Å²) < 4.78 is 1.43. The lowest BCUT2D eigenvalue weighted by Gasteiger charge is -2.02. The van der Waals surface area contributed by atoms with Crippen LogP contribution in [0.2, 0.25) is 0 Å². The summed E-state index contributed by atoms with van der Waals surface area (Å²) in [4.78, 5) is 21.9. The lowest BCUT2D eigenvalue weighted by molar-refractivity contribution is 0.0696. The van der Waals surface area contributed by atoms with Gasteiger partial charge in [-0.05, 0) is 19.1 Å². The average molecular weight is 230 g/mol. The zero-order chi connectivity index (χ0) is 12.4. The molecule has 0 bridgehead atoms. The van der Waals surface area contributed by atoms with Gasteiger partial charge >= 0.3 is 5.97 Å². The summed E-state index contributed by atoms with van der Waals surface area (Å²) >= 11 is 0. The Balaban J connectivity index is 2.42. The summed E-state index contributed by atoms with van der Waals surface area (Å²) in [5.41, 5.74) is 1.33. The number of Topliss-reactive ketones (excluding diaryl/α,β-unsaturated/α-hetero) is 1. The Morgan fingerprint density at radius 3 is 2.65 bits per heavy atom. The Morgan fingerprint density at radius 2 is 2.06 bits per heavy atom. The van der Waals surface area contributed by atoms with Gasteiger partial charge in [-0.1, -0.05) is 12.1 Å². The number of carboxylic acid groups (broad SMARTS) is 1. The monoisotopic (exact) mass is 230 g/mol. The van der Waals surface area contributed by atoms with Crippen molar-refractivity contribution in [1.82, 2.24) is 9.78 Å². The first kappa shape index (κ1) is 11.1. The maximum absolute atomic E-state index is 11.2. The smallest absolute Gasteiger partial charge is 0.338 e. The van der Waals surface area contributed by atoms with E-state index in [4.69, 9.17) is 5.11 Å². The molecule has 2 rings (SSSR count). The molecule has 0 saturated heterocycles. The van der Waals surface area contributed by atoms with Crippen LogP contribution in [-0.4, -0.2) is 26.6 Å². The fourth-order valence-electron chi connectivity index (χ4n) is 1.44. The second-order valence-corrected chi connectivity index (χ2v) is 3.59. The first-order chi connectivity index (χ1) is 8.08. The predicted molar refractivity (Wildman–Crippen MR) is 60.5 cm³/mol. The predicted octanol–water partition coefficient (Wildman–Crippen LogP) is 1.77. The molecule has 5 nitrogen and oxygen atoms in total. The lowest BCUT2D eigenvalue weighted by atomic mass is 10.1. The molecule has 0 fully saturated rings. The molecule has 0 spiro atoms. The van der Waals surface area contributed by atoms with E-state index in [1.54, 1.807) is 24.3 Å². The van der Waals surface area contributed by atoms with Gasteiger partial charge < -0.3 is 5.11 Å². The van der Waals surface area contributed by atoms with Crippen LogP contribution >= 0.6 is 0 Å². The minimum atomic E-state index is -1.03. The molecule has 1 heterocycles. The van der Waals surface area contributed by atoms with Crippen molar-refractivity contribution in [2.75, 3.05) is 0 Å². The van der Waals surface area contributed by atoms with Gasteiger partial charge in [-0.15, -0.1) is 0 Å². The van der Waals surface area contributed by atoms with Crippen LogP contribution in [0.1, 0.15) is 27.6 Å². The molecule has 1 N–H and O–H groups in total. The van der Waals surface area contributed by atoms with Crippen molar-refractivity contribution in [3.63, 3.8) is 0 Å². The quantitative estimate of drug-likeness (QED) is 0.815. The number of carboxylic acids is 1. The van der Waals surface area contributed by atoms with E-state index in [1.165, 1.54) is 24.0 Å². The van der Waals surface area contributed by atoms with Crippen LogP contribution in [0, 0.1) is 0 Å². The van der Waals surface area contributed by atoms with Gasteiger partial charge in [0.05, 0.1) is 17.4 Å². The van der Waals surface area contributed by atoms with Crippen LogP contribution < -0.4 is 0 Å². The first-order valence-corrected chi connectivity index (χ1v) is 4.97. The Morgan fingerprint density at radius 1 is 1.29 bits per heavy atom. The van der Waals surface area contributed by atoms with Crippen LogP contribution in [-0.2, 0) is 0 Å². The molecule has 0 atom stereocenters.